The molecule has 66 valence electrons. The number of hydrogen-bond donors (Lipinski definition) is 0. The van der Waals surface area contributed by atoms with Gasteiger partial charge in [-0.2, -0.15) is 8.78 Å². The van der Waals surface area contributed by atoms with E-state index in [1.807, 2.05) is 0 Å². The summed E-state index contributed by atoms with van der Waals surface area (Å²) in [5.74, 6) is -3.14. The molecule has 0 N–H and O–H groups in total. The van der Waals surface area contributed by atoms with E-state index in [1.54, 1.807) is 0 Å². The van der Waals surface area contributed by atoms with Gasteiger partial charge in [0.2, 0.25) is 5.82 Å². The monoisotopic (exact) mass is 174 g/mol. The lowest BCUT2D eigenvalue weighted by Gasteiger charge is -2.10. The van der Waals surface area contributed by atoms with E-state index in [0.717, 1.165) is 0 Å². The molecule has 1 aliphatic heterocycles. The molecule has 0 fully saturated rings. The zero-order chi connectivity index (χ0) is 8.60. The highest BCUT2D eigenvalue weighted by molar-refractivity contribution is 4.94. The summed E-state index contributed by atoms with van der Waals surface area (Å²) >= 11 is 0. The number of halogens is 2. The molecule has 0 spiro atoms. The molecule has 12 heavy (non-hydrogen) atoms. The summed E-state index contributed by atoms with van der Waals surface area (Å²) < 4.78 is 27.4. The van der Waals surface area contributed by atoms with Gasteiger partial charge in [-0.15, -0.1) is 5.10 Å². The fourth-order valence-electron chi connectivity index (χ4n) is 1.34. The Labute approximate surface area is 67.6 Å². The van der Waals surface area contributed by atoms with Crippen LogP contribution in [0.2, 0.25) is 0 Å². The predicted molar refractivity (Wildman–Crippen MR) is 35.6 cm³/mol. The molecule has 0 atom stereocenters. The van der Waals surface area contributed by atoms with Gasteiger partial charge in [-0.05, 0) is 23.3 Å². The van der Waals surface area contributed by atoms with E-state index in [-0.39, 0.29) is 12.2 Å². The molecule has 0 aliphatic carbocycles. The summed E-state index contributed by atoms with van der Waals surface area (Å²) in [4.78, 5) is 0. The summed E-state index contributed by atoms with van der Waals surface area (Å²) in [7, 11) is 0. The molecule has 4 nitrogen and oxygen atoms in total. The van der Waals surface area contributed by atoms with E-state index >= 15 is 0 Å². The maximum atomic E-state index is 13.1. The first-order valence-corrected chi connectivity index (χ1v) is 3.84. The van der Waals surface area contributed by atoms with Crippen LogP contribution >= 0.6 is 0 Å². The fraction of sp³-hybridized carbons (Fsp3) is 0.833. The zero-order valence-corrected chi connectivity index (χ0v) is 6.37. The number of alkyl halides is 2. The van der Waals surface area contributed by atoms with Crippen LogP contribution in [0.1, 0.15) is 25.1 Å². The first-order chi connectivity index (χ1) is 5.70. The van der Waals surface area contributed by atoms with E-state index in [0.29, 0.717) is 19.4 Å². The number of aryl methyl sites for hydroxylation is 1. The van der Waals surface area contributed by atoms with E-state index in [4.69, 9.17) is 0 Å². The van der Waals surface area contributed by atoms with Crippen molar-refractivity contribution in [3.8, 4) is 0 Å². The lowest BCUT2D eigenvalue weighted by molar-refractivity contribution is -0.0236. The van der Waals surface area contributed by atoms with E-state index in [2.05, 4.69) is 15.5 Å². The van der Waals surface area contributed by atoms with Crippen LogP contribution in [0, 0.1) is 0 Å². The highest BCUT2D eigenvalue weighted by Crippen LogP contribution is 2.33. The Hall–Kier alpha value is -1.07. The van der Waals surface area contributed by atoms with E-state index in [1.165, 1.54) is 4.68 Å². The molecule has 1 aliphatic rings. The molecule has 0 amide bonds. The Balaban J connectivity index is 2.43. The summed E-state index contributed by atoms with van der Waals surface area (Å²) in [5.41, 5.74) is 0. The minimum atomic E-state index is -2.85. The van der Waals surface area contributed by atoms with Crippen LogP contribution < -0.4 is 0 Å². The minimum absolute atomic E-state index is 0.145. The number of hydrogen-bond acceptors (Lipinski definition) is 3. The molecule has 0 saturated carbocycles. The van der Waals surface area contributed by atoms with Crippen LogP contribution in [0.15, 0.2) is 0 Å². The highest BCUT2D eigenvalue weighted by atomic mass is 19.3. The second-order valence-corrected chi connectivity index (χ2v) is 2.89. The van der Waals surface area contributed by atoms with Gasteiger partial charge in [0, 0.05) is 13.0 Å². The van der Waals surface area contributed by atoms with Gasteiger partial charge in [0.1, 0.15) is 0 Å². The van der Waals surface area contributed by atoms with Gasteiger partial charge in [0.25, 0.3) is 0 Å². The van der Waals surface area contributed by atoms with Crippen LogP contribution in [-0.4, -0.2) is 20.2 Å². The maximum absolute atomic E-state index is 13.1. The van der Waals surface area contributed by atoms with Gasteiger partial charge in [-0.1, -0.05) is 0 Å². The third-order valence-electron chi connectivity index (χ3n) is 1.97. The van der Waals surface area contributed by atoms with Crippen LogP contribution in [0.4, 0.5) is 8.78 Å². The van der Waals surface area contributed by atoms with Crippen molar-refractivity contribution < 1.29 is 8.78 Å². The minimum Gasteiger partial charge on any atom is -0.224 e. The average molecular weight is 174 g/mol. The Bertz CT molecular complexity index is 283. The largest absolute Gasteiger partial charge is 0.308 e. The zero-order valence-electron chi connectivity index (χ0n) is 6.37. The third kappa shape index (κ3) is 1.07. The molecule has 0 bridgehead atoms. The van der Waals surface area contributed by atoms with Crippen molar-refractivity contribution in [2.45, 2.75) is 31.7 Å². The quantitative estimate of drug-likeness (QED) is 0.588. The van der Waals surface area contributed by atoms with Crippen molar-refractivity contribution in [2.24, 2.45) is 0 Å². The molecule has 1 aromatic rings. The number of rotatable bonds is 0. The van der Waals surface area contributed by atoms with Crippen molar-refractivity contribution in [3.05, 3.63) is 5.82 Å². The van der Waals surface area contributed by atoms with Gasteiger partial charge < -0.3 is 0 Å². The number of tetrazole rings is 1. The highest BCUT2D eigenvalue weighted by Gasteiger charge is 2.38. The molecular formula is C6H8F2N4. The molecule has 0 saturated heterocycles. The normalized spacial score (nSPS) is 21.5. The van der Waals surface area contributed by atoms with Crippen molar-refractivity contribution >= 4 is 0 Å². The Morgan fingerprint density at radius 3 is 3.00 bits per heavy atom. The van der Waals surface area contributed by atoms with Crippen LogP contribution in [0.25, 0.3) is 0 Å². The smallest absolute Gasteiger partial charge is 0.224 e. The van der Waals surface area contributed by atoms with Crippen LogP contribution in [0.3, 0.4) is 0 Å². The summed E-state index contributed by atoms with van der Waals surface area (Å²) in [6, 6.07) is 0. The second-order valence-electron chi connectivity index (χ2n) is 2.89. The third-order valence-corrected chi connectivity index (χ3v) is 1.97. The molecular weight excluding hydrogens is 166 g/mol. The van der Waals surface area contributed by atoms with Crippen molar-refractivity contribution in [2.75, 3.05) is 0 Å². The van der Waals surface area contributed by atoms with E-state index < -0.39 is 5.92 Å². The number of aromatic nitrogens is 4. The van der Waals surface area contributed by atoms with Crippen molar-refractivity contribution in [1.82, 2.24) is 20.2 Å². The average Bonchev–Trinajstić information content (AvgIpc) is 2.42. The lowest BCUT2D eigenvalue weighted by Crippen LogP contribution is -2.17. The maximum Gasteiger partial charge on any atom is 0.308 e. The summed E-state index contributed by atoms with van der Waals surface area (Å²) in [6.45, 7) is 0.498. The first kappa shape index (κ1) is 7.57. The molecule has 1 aromatic heterocycles. The first-order valence-electron chi connectivity index (χ1n) is 3.84. The van der Waals surface area contributed by atoms with Crippen molar-refractivity contribution in [1.29, 1.82) is 0 Å². The van der Waals surface area contributed by atoms with Gasteiger partial charge in [-0.3, -0.25) is 0 Å². The molecule has 0 radical (unpaired) electrons. The molecule has 2 rings (SSSR count). The van der Waals surface area contributed by atoms with Gasteiger partial charge in [0.15, 0.2) is 0 Å². The molecule has 0 unspecified atom stereocenters. The molecule has 2 heterocycles. The SMILES string of the molecule is FC1(F)CCCCn2nnnc21. The summed E-state index contributed by atoms with van der Waals surface area (Å²) in [5, 5.41) is 10.0. The van der Waals surface area contributed by atoms with Gasteiger partial charge in [0.05, 0.1) is 0 Å². The van der Waals surface area contributed by atoms with Crippen LogP contribution in [0.5, 0.6) is 0 Å². The topological polar surface area (TPSA) is 43.6 Å². The standard InChI is InChI=1S/C6H8F2N4/c7-6(8)3-1-2-4-12-5(6)9-10-11-12/h1-4H2. The molecule has 6 heteroatoms. The lowest BCUT2D eigenvalue weighted by atomic mass is 10.1. The second kappa shape index (κ2) is 2.46. The van der Waals surface area contributed by atoms with Gasteiger partial charge in [-0.25, -0.2) is 4.68 Å². The van der Waals surface area contributed by atoms with Crippen molar-refractivity contribution in [3.63, 3.8) is 0 Å². The predicted octanol–water partition coefficient (Wildman–Crippen LogP) is 0.949. The Morgan fingerprint density at radius 1 is 1.33 bits per heavy atom. The number of fused-ring (bicyclic) bond motifs is 1. The number of nitrogens with zero attached hydrogens (tertiary/aromatic N) is 4. The fourth-order valence-corrected chi connectivity index (χ4v) is 1.34. The van der Waals surface area contributed by atoms with Crippen LogP contribution in [-0.2, 0) is 12.5 Å². The Kier molecular flexibility index (Phi) is 1.55. The summed E-state index contributed by atoms with van der Waals surface area (Å²) in [6.07, 6.45) is 1.08. The van der Waals surface area contributed by atoms with Gasteiger partial charge >= 0.3 is 5.92 Å². The molecule has 0 aromatic carbocycles. The van der Waals surface area contributed by atoms with E-state index in [9.17, 15) is 8.78 Å². The Morgan fingerprint density at radius 2 is 2.17 bits per heavy atom.